The van der Waals surface area contributed by atoms with E-state index in [1.165, 1.54) is 6.20 Å². The second-order valence-corrected chi connectivity index (χ2v) is 10.8. The van der Waals surface area contributed by atoms with Gasteiger partial charge in [-0.2, -0.15) is 5.10 Å². The van der Waals surface area contributed by atoms with E-state index in [-0.39, 0.29) is 16.5 Å². The first-order chi connectivity index (χ1) is 13.7. The molecule has 4 rings (SSSR count). The molecule has 7 heteroatoms. The summed E-state index contributed by atoms with van der Waals surface area (Å²) in [5.41, 5.74) is 1.50. The summed E-state index contributed by atoms with van der Waals surface area (Å²) in [4.78, 5) is 0.230. The number of benzene rings is 2. The number of rotatable bonds is 4. The summed E-state index contributed by atoms with van der Waals surface area (Å²) in [7, 11) is -3.65. The summed E-state index contributed by atoms with van der Waals surface area (Å²) in [6, 6.07) is 17.0. The molecule has 0 bridgehead atoms. The first kappa shape index (κ1) is 20.0. The van der Waals surface area contributed by atoms with E-state index in [1.807, 2.05) is 18.2 Å². The topological polar surface area (TPSA) is 64.0 Å². The van der Waals surface area contributed by atoms with Crippen LogP contribution in [0.4, 0.5) is 5.82 Å². The molecular formula is C22H24ClN3O2S. The van der Waals surface area contributed by atoms with Crippen LogP contribution in [0.15, 0.2) is 65.7 Å². The molecule has 0 aliphatic carbocycles. The fourth-order valence-electron chi connectivity index (χ4n) is 3.92. The molecule has 2 heterocycles. The number of nitrogens with zero attached hydrogens (tertiary/aromatic N) is 2. The van der Waals surface area contributed by atoms with Crippen LogP contribution in [0.2, 0.25) is 5.02 Å². The lowest BCUT2D eigenvalue weighted by molar-refractivity contribution is 0.263. The monoisotopic (exact) mass is 429 g/mol. The highest BCUT2D eigenvalue weighted by atomic mass is 35.5. The number of hydrogen-bond donors (Lipinski definition) is 1. The highest BCUT2D eigenvalue weighted by molar-refractivity contribution is 7.91. The molecule has 2 unspecified atom stereocenters. The first-order valence-electron chi connectivity index (χ1n) is 9.59. The SMILES string of the molecule is CC(c1ccc(Cl)cc1)S(=O)(=O)c1cnn2c1NC(c1ccccc1)CC2(C)C. The second-order valence-electron chi connectivity index (χ2n) is 8.13. The van der Waals surface area contributed by atoms with E-state index in [4.69, 9.17) is 11.6 Å². The zero-order valence-corrected chi connectivity index (χ0v) is 18.2. The first-order valence-corrected chi connectivity index (χ1v) is 11.5. The van der Waals surface area contributed by atoms with Crippen molar-refractivity contribution in [1.29, 1.82) is 0 Å². The van der Waals surface area contributed by atoms with Crippen LogP contribution in [0, 0.1) is 0 Å². The molecule has 1 N–H and O–H groups in total. The van der Waals surface area contributed by atoms with E-state index in [9.17, 15) is 8.42 Å². The maximum Gasteiger partial charge on any atom is 0.190 e. The molecule has 29 heavy (non-hydrogen) atoms. The van der Waals surface area contributed by atoms with Gasteiger partial charge in [0.2, 0.25) is 0 Å². The molecule has 0 saturated carbocycles. The quantitative estimate of drug-likeness (QED) is 0.606. The molecule has 152 valence electrons. The Balaban J connectivity index is 1.76. The van der Waals surface area contributed by atoms with E-state index in [0.29, 0.717) is 16.4 Å². The van der Waals surface area contributed by atoms with Gasteiger partial charge in [-0.25, -0.2) is 13.1 Å². The maximum atomic E-state index is 13.5. The highest BCUT2D eigenvalue weighted by Gasteiger charge is 2.39. The molecule has 5 nitrogen and oxygen atoms in total. The lowest BCUT2D eigenvalue weighted by atomic mass is 9.89. The molecule has 0 spiro atoms. The Labute approximate surface area is 176 Å². The van der Waals surface area contributed by atoms with Crippen molar-refractivity contribution in [3.63, 3.8) is 0 Å². The summed E-state index contributed by atoms with van der Waals surface area (Å²) in [6.07, 6.45) is 2.27. The fourth-order valence-corrected chi connectivity index (χ4v) is 5.56. The summed E-state index contributed by atoms with van der Waals surface area (Å²) in [6.45, 7) is 5.86. The summed E-state index contributed by atoms with van der Waals surface area (Å²) in [5, 5.41) is 7.75. The second kappa shape index (κ2) is 7.18. The van der Waals surface area contributed by atoms with Crippen LogP contribution < -0.4 is 5.32 Å². The average Bonchev–Trinajstić information content (AvgIpc) is 3.14. The van der Waals surface area contributed by atoms with Gasteiger partial charge in [-0.15, -0.1) is 0 Å². The predicted molar refractivity (Wildman–Crippen MR) is 116 cm³/mol. The van der Waals surface area contributed by atoms with Crippen molar-refractivity contribution < 1.29 is 8.42 Å². The number of sulfone groups is 1. The van der Waals surface area contributed by atoms with Crippen molar-refractivity contribution in [2.75, 3.05) is 5.32 Å². The summed E-state index contributed by atoms with van der Waals surface area (Å²) < 4.78 is 28.8. The Bertz CT molecular complexity index is 1120. The van der Waals surface area contributed by atoms with Gasteiger partial charge in [0.1, 0.15) is 10.7 Å². The van der Waals surface area contributed by atoms with Gasteiger partial charge < -0.3 is 5.32 Å². The molecular weight excluding hydrogens is 406 g/mol. The van der Waals surface area contributed by atoms with Crippen molar-refractivity contribution in [2.24, 2.45) is 0 Å². The van der Waals surface area contributed by atoms with Crippen LogP contribution in [0.3, 0.4) is 0 Å². The molecule has 1 aromatic heterocycles. The fraction of sp³-hybridized carbons (Fsp3) is 0.318. The zero-order chi connectivity index (χ0) is 20.8. The largest absolute Gasteiger partial charge is 0.362 e. The van der Waals surface area contributed by atoms with Crippen molar-refractivity contribution >= 4 is 27.3 Å². The number of nitrogens with one attached hydrogen (secondary N) is 1. The van der Waals surface area contributed by atoms with Crippen molar-refractivity contribution in [3.8, 4) is 0 Å². The Kier molecular flexibility index (Phi) is 4.95. The van der Waals surface area contributed by atoms with Crippen LogP contribution >= 0.6 is 11.6 Å². The van der Waals surface area contributed by atoms with Crippen molar-refractivity contribution in [3.05, 3.63) is 76.9 Å². The molecule has 1 aliphatic rings. The van der Waals surface area contributed by atoms with Crippen LogP contribution in [0.1, 0.15) is 49.6 Å². The maximum absolute atomic E-state index is 13.5. The van der Waals surface area contributed by atoms with Gasteiger partial charge in [-0.1, -0.05) is 54.1 Å². The van der Waals surface area contributed by atoms with Crippen LogP contribution in [-0.4, -0.2) is 18.2 Å². The number of anilines is 1. The van der Waals surface area contributed by atoms with Crippen LogP contribution in [-0.2, 0) is 15.4 Å². The van der Waals surface area contributed by atoms with E-state index in [0.717, 1.165) is 12.0 Å². The highest BCUT2D eigenvalue weighted by Crippen LogP contribution is 2.43. The molecule has 2 aromatic carbocycles. The smallest absolute Gasteiger partial charge is 0.190 e. The molecule has 2 atom stereocenters. The molecule has 3 aromatic rings. The third-order valence-electron chi connectivity index (χ3n) is 5.64. The number of aromatic nitrogens is 2. The molecule has 1 aliphatic heterocycles. The molecule has 0 saturated heterocycles. The third-order valence-corrected chi connectivity index (χ3v) is 8.00. The third kappa shape index (κ3) is 3.55. The van der Waals surface area contributed by atoms with Gasteiger partial charge in [0.05, 0.1) is 23.0 Å². The minimum absolute atomic E-state index is 0.00943. The number of hydrogen-bond acceptors (Lipinski definition) is 4. The van der Waals surface area contributed by atoms with Crippen molar-refractivity contribution in [2.45, 2.75) is 48.9 Å². The minimum Gasteiger partial charge on any atom is -0.362 e. The standard InChI is InChI=1S/C22H24ClN3O2S/c1-15(16-9-11-18(23)12-10-16)29(27,28)20-14-24-26-21(20)25-19(13-22(26,2)3)17-7-5-4-6-8-17/h4-12,14-15,19,25H,13H2,1-3H3. The van der Waals surface area contributed by atoms with Crippen molar-refractivity contribution in [1.82, 2.24) is 9.78 Å². The van der Waals surface area contributed by atoms with Gasteiger partial charge in [-0.05, 0) is 50.5 Å². The van der Waals surface area contributed by atoms with E-state index in [1.54, 1.807) is 35.9 Å². The van der Waals surface area contributed by atoms with Gasteiger partial charge in [-0.3, -0.25) is 0 Å². The molecule has 0 fully saturated rings. The number of halogens is 1. The number of fused-ring (bicyclic) bond motifs is 1. The van der Waals surface area contributed by atoms with Gasteiger partial charge in [0.25, 0.3) is 0 Å². The minimum atomic E-state index is -3.65. The van der Waals surface area contributed by atoms with Gasteiger partial charge in [0, 0.05) is 5.02 Å². The summed E-state index contributed by atoms with van der Waals surface area (Å²) in [5.74, 6) is 0.552. The van der Waals surface area contributed by atoms with Crippen LogP contribution in [0.25, 0.3) is 0 Å². The Morgan fingerprint density at radius 2 is 1.79 bits per heavy atom. The Morgan fingerprint density at radius 1 is 1.14 bits per heavy atom. The summed E-state index contributed by atoms with van der Waals surface area (Å²) >= 11 is 5.96. The Morgan fingerprint density at radius 3 is 2.45 bits per heavy atom. The zero-order valence-electron chi connectivity index (χ0n) is 16.6. The average molecular weight is 430 g/mol. The lowest BCUT2D eigenvalue weighted by Gasteiger charge is -2.38. The lowest BCUT2D eigenvalue weighted by Crippen LogP contribution is -2.38. The predicted octanol–water partition coefficient (Wildman–Crippen LogP) is 5.36. The van der Waals surface area contributed by atoms with Crippen LogP contribution in [0.5, 0.6) is 0 Å². The van der Waals surface area contributed by atoms with Gasteiger partial charge in [0.15, 0.2) is 9.84 Å². The molecule has 0 radical (unpaired) electrons. The van der Waals surface area contributed by atoms with E-state index < -0.39 is 15.1 Å². The van der Waals surface area contributed by atoms with Gasteiger partial charge >= 0.3 is 0 Å². The molecule has 0 amide bonds. The van der Waals surface area contributed by atoms with E-state index >= 15 is 0 Å². The Hall–Kier alpha value is -2.31. The normalized spacial score (nSPS) is 19.2. The van der Waals surface area contributed by atoms with E-state index in [2.05, 4.69) is 36.4 Å².